The molecule has 0 aromatic heterocycles. The van der Waals surface area contributed by atoms with Gasteiger partial charge in [0.05, 0.1) is 6.61 Å². The summed E-state index contributed by atoms with van der Waals surface area (Å²) in [5, 5.41) is 2.91. The van der Waals surface area contributed by atoms with Gasteiger partial charge in [-0.15, -0.1) is 0 Å². The van der Waals surface area contributed by atoms with Crippen LogP contribution in [-0.4, -0.2) is 45.0 Å². The number of nitrogens with one attached hydrogen (secondary N) is 1. The van der Waals surface area contributed by atoms with Crippen molar-refractivity contribution in [3.63, 3.8) is 0 Å². The molecular formula is C17H24N2O3. The molecule has 0 spiro atoms. The van der Waals surface area contributed by atoms with Gasteiger partial charge in [0.15, 0.2) is 5.78 Å². The van der Waals surface area contributed by atoms with E-state index in [2.05, 4.69) is 10.2 Å². The van der Waals surface area contributed by atoms with Crippen molar-refractivity contribution in [3.05, 3.63) is 29.8 Å². The van der Waals surface area contributed by atoms with E-state index < -0.39 is 0 Å². The lowest BCUT2D eigenvalue weighted by Gasteiger charge is -2.33. The van der Waals surface area contributed by atoms with Crippen molar-refractivity contribution in [2.75, 3.05) is 38.3 Å². The van der Waals surface area contributed by atoms with Crippen LogP contribution in [0.5, 0.6) is 0 Å². The normalized spacial score (nSPS) is 15.6. The SMILES string of the molecule is COCCNC(=O)C1CCN(c2ccc(C(C)=O)cc2)CC1. The lowest BCUT2D eigenvalue weighted by Crippen LogP contribution is -2.41. The van der Waals surface area contributed by atoms with Gasteiger partial charge in [0, 0.05) is 43.9 Å². The molecule has 1 amide bonds. The van der Waals surface area contributed by atoms with Gasteiger partial charge in [-0.2, -0.15) is 0 Å². The fraction of sp³-hybridized carbons (Fsp3) is 0.529. The van der Waals surface area contributed by atoms with Gasteiger partial charge in [-0.05, 0) is 44.0 Å². The molecule has 1 saturated heterocycles. The van der Waals surface area contributed by atoms with E-state index in [9.17, 15) is 9.59 Å². The maximum atomic E-state index is 12.0. The van der Waals surface area contributed by atoms with Crippen LogP contribution in [0.4, 0.5) is 5.69 Å². The summed E-state index contributed by atoms with van der Waals surface area (Å²) in [6.45, 7) is 4.42. The third kappa shape index (κ3) is 4.31. The molecule has 0 atom stereocenters. The van der Waals surface area contributed by atoms with Crippen LogP contribution >= 0.6 is 0 Å². The third-order valence-corrected chi connectivity index (χ3v) is 4.11. The average molecular weight is 304 g/mol. The molecule has 0 saturated carbocycles. The fourth-order valence-electron chi connectivity index (χ4n) is 2.73. The minimum absolute atomic E-state index is 0.0815. The standard InChI is InChI=1S/C17H24N2O3/c1-13(20)14-3-5-16(6-4-14)19-10-7-15(8-11-19)17(21)18-9-12-22-2/h3-6,15H,7-12H2,1-2H3,(H,18,21). The van der Waals surface area contributed by atoms with Crippen molar-refractivity contribution in [2.45, 2.75) is 19.8 Å². The van der Waals surface area contributed by atoms with E-state index in [0.717, 1.165) is 37.2 Å². The predicted octanol–water partition coefficient (Wildman–Crippen LogP) is 1.87. The first-order chi connectivity index (χ1) is 10.6. The van der Waals surface area contributed by atoms with Crippen molar-refractivity contribution < 1.29 is 14.3 Å². The highest BCUT2D eigenvalue weighted by atomic mass is 16.5. The highest BCUT2D eigenvalue weighted by Crippen LogP contribution is 2.23. The number of carbonyl (C=O) groups is 2. The predicted molar refractivity (Wildman–Crippen MR) is 86.3 cm³/mol. The number of benzene rings is 1. The molecule has 1 aliphatic rings. The smallest absolute Gasteiger partial charge is 0.223 e. The summed E-state index contributed by atoms with van der Waals surface area (Å²) in [7, 11) is 1.63. The summed E-state index contributed by atoms with van der Waals surface area (Å²) in [5.74, 6) is 0.297. The number of anilines is 1. The second-order valence-corrected chi connectivity index (χ2v) is 5.65. The number of methoxy groups -OCH3 is 1. The molecule has 5 heteroatoms. The number of carbonyl (C=O) groups excluding carboxylic acids is 2. The number of nitrogens with zero attached hydrogens (tertiary/aromatic N) is 1. The number of amides is 1. The van der Waals surface area contributed by atoms with Gasteiger partial charge in [-0.3, -0.25) is 9.59 Å². The molecule has 1 aromatic carbocycles. The van der Waals surface area contributed by atoms with Crippen LogP contribution in [-0.2, 0) is 9.53 Å². The number of Topliss-reactive ketones (excluding diaryl/α,β-unsaturated/α-hetero) is 1. The van der Waals surface area contributed by atoms with Crippen molar-refractivity contribution in [3.8, 4) is 0 Å². The summed E-state index contributed by atoms with van der Waals surface area (Å²) in [5.41, 5.74) is 1.85. The van der Waals surface area contributed by atoms with Crippen molar-refractivity contribution in [1.29, 1.82) is 0 Å². The number of ketones is 1. The number of piperidine rings is 1. The molecule has 1 aliphatic heterocycles. The maximum Gasteiger partial charge on any atom is 0.223 e. The van der Waals surface area contributed by atoms with Crippen LogP contribution in [0.25, 0.3) is 0 Å². The highest BCUT2D eigenvalue weighted by molar-refractivity contribution is 5.94. The van der Waals surface area contributed by atoms with E-state index in [1.807, 2.05) is 24.3 Å². The van der Waals surface area contributed by atoms with Gasteiger partial charge < -0.3 is 15.0 Å². The molecule has 120 valence electrons. The number of hydrogen-bond donors (Lipinski definition) is 1. The quantitative estimate of drug-likeness (QED) is 0.644. The van der Waals surface area contributed by atoms with Crippen molar-refractivity contribution >= 4 is 17.4 Å². The lowest BCUT2D eigenvalue weighted by molar-refractivity contribution is -0.125. The Morgan fingerprint density at radius 2 is 1.86 bits per heavy atom. The van der Waals surface area contributed by atoms with E-state index in [1.165, 1.54) is 0 Å². The summed E-state index contributed by atoms with van der Waals surface area (Å²) < 4.78 is 4.93. The summed E-state index contributed by atoms with van der Waals surface area (Å²) in [6.07, 6.45) is 1.71. The minimum Gasteiger partial charge on any atom is -0.383 e. The Balaban J connectivity index is 1.83. The second-order valence-electron chi connectivity index (χ2n) is 5.65. The van der Waals surface area contributed by atoms with Gasteiger partial charge in [0.25, 0.3) is 0 Å². The molecule has 2 rings (SSSR count). The van der Waals surface area contributed by atoms with Gasteiger partial charge in [-0.1, -0.05) is 0 Å². The first kappa shape index (κ1) is 16.5. The molecular weight excluding hydrogens is 280 g/mol. The first-order valence-corrected chi connectivity index (χ1v) is 7.74. The molecule has 1 heterocycles. The average Bonchev–Trinajstić information content (AvgIpc) is 2.55. The van der Waals surface area contributed by atoms with E-state index >= 15 is 0 Å². The van der Waals surface area contributed by atoms with Crippen LogP contribution in [0, 0.1) is 5.92 Å². The second kappa shape index (κ2) is 7.94. The van der Waals surface area contributed by atoms with Crippen molar-refractivity contribution in [2.24, 2.45) is 5.92 Å². The zero-order chi connectivity index (χ0) is 15.9. The number of ether oxygens (including phenoxy) is 1. The molecule has 0 unspecified atom stereocenters. The Morgan fingerprint density at radius 3 is 2.41 bits per heavy atom. The van der Waals surface area contributed by atoms with Gasteiger partial charge in [-0.25, -0.2) is 0 Å². The van der Waals surface area contributed by atoms with Crippen LogP contribution in [0.2, 0.25) is 0 Å². The number of rotatable bonds is 6. The largest absolute Gasteiger partial charge is 0.383 e. The Bertz CT molecular complexity index is 505. The summed E-state index contributed by atoms with van der Waals surface area (Å²) in [6, 6.07) is 7.69. The summed E-state index contributed by atoms with van der Waals surface area (Å²) in [4.78, 5) is 25.6. The van der Waals surface area contributed by atoms with E-state index in [1.54, 1.807) is 14.0 Å². The molecule has 5 nitrogen and oxygen atoms in total. The minimum atomic E-state index is 0.0815. The molecule has 0 bridgehead atoms. The monoisotopic (exact) mass is 304 g/mol. The summed E-state index contributed by atoms with van der Waals surface area (Å²) >= 11 is 0. The van der Waals surface area contributed by atoms with Crippen LogP contribution in [0.3, 0.4) is 0 Å². The maximum absolute atomic E-state index is 12.0. The molecule has 1 fully saturated rings. The number of hydrogen-bond acceptors (Lipinski definition) is 4. The van der Waals surface area contributed by atoms with Gasteiger partial charge >= 0.3 is 0 Å². The third-order valence-electron chi connectivity index (χ3n) is 4.11. The Hall–Kier alpha value is -1.88. The Kier molecular flexibility index (Phi) is 5.95. The Morgan fingerprint density at radius 1 is 1.23 bits per heavy atom. The van der Waals surface area contributed by atoms with Crippen LogP contribution in [0.15, 0.2) is 24.3 Å². The molecule has 0 radical (unpaired) electrons. The molecule has 1 aromatic rings. The zero-order valence-corrected chi connectivity index (χ0v) is 13.3. The van der Waals surface area contributed by atoms with E-state index in [0.29, 0.717) is 13.2 Å². The topological polar surface area (TPSA) is 58.6 Å². The Labute approximate surface area is 131 Å². The van der Waals surface area contributed by atoms with Crippen LogP contribution < -0.4 is 10.2 Å². The molecule has 1 N–H and O–H groups in total. The van der Waals surface area contributed by atoms with E-state index in [4.69, 9.17) is 4.74 Å². The van der Waals surface area contributed by atoms with Crippen molar-refractivity contribution in [1.82, 2.24) is 5.32 Å². The fourth-order valence-corrected chi connectivity index (χ4v) is 2.73. The molecule has 22 heavy (non-hydrogen) atoms. The van der Waals surface area contributed by atoms with Crippen LogP contribution in [0.1, 0.15) is 30.1 Å². The highest BCUT2D eigenvalue weighted by Gasteiger charge is 2.24. The lowest BCUT2D eigenvalue weighted by atomic mass is 9.95. The van der Waals surface area contributed by atoms with Gasteiger partial charge in [0.2, 0.25) is 5.91 Å². The van der Waals surface area contributed by atoms with Gasteiger partial charge in [0.1, 0.15) is 0 Å². The van der Waals surface area contributed by atoms with E-state index in [-0.39, 0.29) is 17.6 Å². The molecule has 0 aliphatic carbocycles. The first-order valence-electron chi connectivity index (χ1n) is 7.74. The zero-order valence-electron chi connectivity index (χ0n) is 13.3.